The Labute approximate surface area is 153 Å². The van der Waals surface area contributed by atoms with Gasteiger partial charge < -0.3 is 4.74 Å². The summed E-state index contributed by atoms with van der Waals surface area (Å²) in [6, 6.07) is 21.8. The van der Waals surface area contributed by atoms with E-state index in [-0.39, 0.29) is 0 Å². The molecule has 0 atom stereocenters. The van der Waals surface area contributed by atoms with Crippen molar-refractivity contribution in [3.63, 3.8) is 0 Å². The van der Waals surface area contributed by atoms with Gasteiger partial charge in [-0.05, 0) is 72.5 Å². The first kappa shape index (κ1) is 17.2. The lowest BCUT2D eigenvalue weighted by atomic mass is 10.1. The highest BCUT2D eigenvalue weighted by atomic mass is 35.5. The Balaban J connectivity index is 1.67. The average molecular weight is 350 g/mol. The Hall–Kier alpha value is -2.58. The van der Waals surface area contributed by atoms with Crippen molar-refractivity contribution in [2.75, 3.05) is 0 Å². The zero-order valence-electron chi connectivity index (χ0n) is 14.4. The third kappa shape index (κ3) is 4.94. The molecular formula is C22H20ClNO. The van der Waals surface area contributed by atoms with E-state index in [9.17, 15) is 0 Å². The molecule has 0 N–H and O–H groups in total. The molecule has 0 heterocycles. The highest BCUT2D eigenvalue weighted by Gasteiger charge is 1.99. The van der Waals surface area contributed by atoms with E-state index in [1.54, 1.807) is 0 Å². The predicted molar refractivity (Wildman–Crippen MR) is 105 cm³/mol. The van der Waals surface area contributed by atoms with Gasteiger partial charge in [0.2, 0.25) is 0 Å². The Morgan fingerprint density at radius 1 is 0.920 bits per heavy atom. The van der Waals surface area contributed by atoms with Gasteiger partial charge in [-0.3, -0.25) is 4.99 Å². The smallest absolute Gasteiger partial charge is 0.120 e. The summed E-state index contributed by atoms with van der Waals surface area (Å²) in [7, 11) is 0. The van der Waals surface area contributed by atoms with E-state index in [2.05, 4.69) is 31.0 Å². The number of hydrogen-bond donors (Lipinski definition) is 0. The summed E-state index contributed by atoms with van der Waals surface area (Å²) in [6.07, 6.45) is 1.86. The lowest BCUT2D eigenvalue weighted by Gasteiger charge is -2.07. The van der Waals surface area contributed by atoms with Crippen LogP contribution in [0.1, 0.15) is 22.3 Å². The number of benzene rings is 3. The van der Waals surface area contributed by atoms with E-state index in [4.69, 9.17) is 16.3 Å². The number of rotatable bonds is 5. The molecule has 0 amide bonds. The molecule has 0 aromatic heterocycles. The molecular weight excluding hydrogens is 330 g/mol. The lowest BCUT2D eigenvalue weighted by molar-refractivity contribution is 0.306. The van der Waals surface area contributed by atoms with Gasteiger partial charge in [-0.15, -0.1) is 0 Å². The molecule has 0 saturated carbocycles. The van der Waals surface area contributed by atoms with Crippen LogP contribution in [0.4, 0.5) is 5.69 Å². The van der Waals surface area contributed by atoms with Crippen LogP contribution in [-0.2, 0) is 6.61 Å². The van der Waals surface area contributed by atoms with Crippen LogP contribution in [-0.4, -0.2) is 6.21 Å². The number of aryl methyl sites for hydroxylation is 2. The van der Waals surface area contributed by atoms with Crippen molar-refractivity contribution >= 4 is 23.5 Å². The van der Waals surface area contributed by atoms with Gasteiger partial charge in [0.25, 0.3) is 0 Å². The molecule has 25 heavy (non-hydrogen) atoms. The van der Waals surface area contributed by atoms with Crippen molar-refractivity contribution in [3.05, 3.63) is 94.0 Å². The van der Waals surface area contributed by atoms with Crippen LogP contribution < -0.4 is 4.74 Å². The maximum Gasteiger partial charge on any atom is 0.120 e. The van der Waals surface area contributed by atoms with E-state index in [1.165, 1.54) is 11.1 Å². The van der Waals surface area contributed by atoms with Crippen molar-refractivity contribution < 1.29 is 4.74 Å². The molecule has 0 aliphatic carbocycles. The van der Waals surface area contributed by atoms with Gasteiger partial charge >= 0.3 is 0 Å². The molecule has 2 nitrogen and oxygen atoms in total. The van der Waals surface area contributed by atoms with Crippen LogP contribution >= 0.6 is 11.6 Å². The normalized spacial score (nSPS) is 11.0. The standard InChI is InChI=1S/C22H20ClNO/c1-16-6-11-21(12-17(16)2)24-14-19-4-3-5-22(13-19)25-15-18-7-9-20(23)10-8-18/h3-14H,15H2,1-2H3. The SMILES string of the molecule is Cc1ccc(N=Cc2cccc(OCc3ccc(Cl)cc3)c2)cc1C. The Bertz CT molecular complexity index is 885. The average Bonchev–Trinajstić information content (AvgIpc) is 2.63. The maximum atomic E-state index is 5.90. The van der Waals surface area contributed by atoms with Crippen LogP contribution in [0.5, 0.6) is 5.75 Å². The topological polar surface area (TPSA) is 21.6 Å². The van der Waals surface area contributed by atoms with Gasteiger partial charge in [-0.25, -0.2) is 0 Å². The fourth-order valence-corrected chi connectivity index (χ4v) is 2.51. The molecule has 126 valence electrons. The molecule has 0 aliphatic rings. The Morgan fingerprint density at radius 3 is 2.48 bits per heavy atom. The molecule has 0 unspecified atom stereocenters. The fourth-order valence-electron chi connectivity index (χ4n) is 2.39. The third-order valence-corrected chi connectivity index (χ3v) is 4.28. The summed E-state index contributed by atoms with van der Waals surface area (Å²) in [5.41, 5.74) is 5.56. The highest BCUT2D eigenvalue weighted by molar-refractivity contribution is 6.30. The van der Waals surface area contributed by atoms with Crippen LogP contribution in [0.15, 0.2) is 71.7 Å². The first-order valence-corrected chi connectivity index (χ1v) is 8.56. The molecule has 0 aliphatic heterocycles. The van der Waals surface area contributed by atoms with Gasteiger partial charge in [0, 0.05) is 11.2 Å². The van der Waals surface area contributed by atoms with E-state index in [0.717, 1.165) is 27.6 Å². The fraction of sp³-hybridized carbons (Fsp3) is 0.136. The molecule has 0 fully saturated rings. The van der Waals surface area contributed by atoms with Crippen LogP contribution in [0.3, 0.4) is 0 Å². The summed E-state index contributed by atoms with van der Waals surface area (Å²) in [4.78, 5) is 4.55. The van der Waals surface area contributed by atoms with E-state index in [1.807, 2.05) is 60.8 Å². The highest BCUT2D eigenvalue weighted by Crippen LogP contribution is 2.19. The van der Waals surface area contributed by atoms with Crippen molar-refractivity contribution in [1.29, 1.82) is 0 Å². The van der Waals surface area contributed by atoms with Gasteiger partial charge in [-0.2, -0.15) is 0 Å². The largest absolute Gasteiger partial charge is 0.489 e. The first-order valence-electron chi connectivity index (χ1n) is 8.19. The van der Waals surface area contributed by atoms with E-state index < -0.39 is 0 Å². The molecule has 0 saturated heterocycles. The quantitative estimate of drug-likeness (QED) is 0.496. The van der Waals surface area contributed by atoms with Gasteiger partial charge in [0.05, 0.1) is 5.69 Å². The molecule has 0 spiro atoms. The van der Waals surface area contributed by atoms with Gasteiger partial charge in [0.15, 0.2) is 0 Å². The number of halogens is 1. The minimum atomic E-state index is 0.509. The van der Waals surface area contributed by atoms with E-state index >= 15 is 0 Å². The number of hydrogen-bond acceptors (Lipinski definition) is 2. The summed E-state index contributed by atoms with van der Waals surface area (Å²) in [5.74, 6) is 0.819. The van der Waals surface area contributed by atoms with Gasteiger partial charge in [0.1, 0.15) is 12.4 Å². The first-order chi connectivity index (χ1) is 12.1. The molecule has 3 rings (SSSR count). The third-order valence-electron chi connectivity index (χ3n) is 4.03. The van der Waals surface area contributed by atoms with Crippen molar-refractivity contribution in [3.8, 4) is 5.75 Å². The second-order valence-corrected chi connectivity index (χ2v) is 6.45. The predicted octanol–water partition coefficient (Wildman–Crippen LogP) is 6.29. The van der Waals surface area contributed by atoms with Crippen molar-refractivity contribution in [2.45, 2.75) is 20.5 Å². The second-order valence-electron chi connectivity index (χ2n) is 6.01. The monoisotopic (exact) mass is 349 g/mol. The molecule has 3 heteroatoms. The van der Waals surface area contributed by atoms with Crippen LogP contribution in [0.2, 0.25) is 5.02 Å². The number of aliphatic imine (C=N–C) groups is 1. The van der Waals surface area contributed by atoms with E-state index in [0.29, 0.717) is 6.61 Å². The summed E-state index contributed by atoms with van der Waals surface area (Å²) in [5, 5.41) is 0.730. The van der Waals surface area contributed by atoms with Gasteiger partial charge in [-0.1, -0.05) is 41.9 Å². The Kier molecular flexibility index (Phi) is 5.52. The van der Waals surface area contributed by atoms with Crippen LogP contribution in [0.25, 0.3) is 0 Å². The second kappa shape index (κ2) is 8.00. The lowest BCUT2D eigenvalue weighted by Crippen LogP contribution is -1.95. The minimum absolute atomic E-state index is 0.509. The molecule has 0 radical (unpaired) electrons. The van der Waals surface area contributed by atoms with Crippen molar-refractivity contribution in [2.24, 2.45) is 4.99 Å². The van der Waals surface area contributed by atoms with Crippen LogP contribution in [0, 0.1) is 13.8 Å². The molecule has 3 aromatic rings. The molecule has 3 aromatic carbocycles. The molecule has 0 bridgehead atoms. The van der Waals surface area contributed by atoms with Crippen molar-refractivity contribution in [1.82, 2.24) is 0 Å². The number of nitrogens with zero attached hydrogens (tertiary/aromatic N) is 1. The Morgan fingerprint density at radius 2 is 1.72 bits per heavy atom. The zero-order chi connectivity index (χ0) is 17.6. The summed E-state index contributed by atoms with van der Waals surface area (Å²) >= 11 is 5.90. The minimum Gasteiger partial charge on any atom is -0.489 e. The zero-order valence-corrected chi connectivity index (χ0v) is 15.1. The maximum absolute atomic E-state index is 5.90. The summed E-state index contributed by atoms with van der Waals surface area (Å²) < 4.78 is 5.85. The number of ether oxygens (including phenoxy) is 1. The summed E-state index contributed by atoms with van der Waals surface area (Å²) in [6.45, 7) is 4.71.